The van der Waals surface area contributed by atoms with E-state index in [0.717, 1.165) is 5.56 Å². The molecular weight excluding hydrogens is 421 g/mol. The van der Waals surface area contributed by atoms with Crippen LogP contribution in [0.2, 0.25) is 10.0 Å². The largest absolute Gasteiger partial charge is 0.488 e. The number of rotatable bonds is 6. The van der Waals surface area contributed by atoms with Gasteiger partial charge in [0.2, 0.25) is 0 Å². The molecule has 1 fully saturated rings. The predicted molar refractivity (Wildman–Crippen MR) is 117 cm³/mol. The fourth-order valence-electron chi connectivity index (χ4n) is 2.46. The second kappa shape index (κ2) is 8.93. The lowest BCUT2D eigenvalue weighted by Gasteiger charge is -2.12. The average molecular weight is 436 g/mol. The SMILES string of the molecule is C=CCN1C(=O)/C(=C/c2cc(Cl)ccc2OCc2ccccc2Cl)SC1=S. The molecule has 0 aromatic heterocycles. The van der Waals surface area contributed by atoms with Crippen molar-refractivity contribution in [3.8, 4) is 5.75 Å². The minimum atomic E-state index is -0.151. The highest BCUT2D eigenvalue weighted by molar-refractivity contribution is 8.26. The van der Waals surface area contributed by atoms with Crippen molar-refractivity contribution in [3.63, 3.8) is 0 Å². The molecule has 0 aliphatic carbocycles. The second-order valence-electron chi connectivity index (χ2n) is 5.64. The molecule has 2 aromatic carbocycles. The quantitative estimate of drug-likeness (QED) is 0.318. The van der Waals surface area contributed by atoms with Crippen molar-refractivity contribution in [2.75, 3.05) is 6.54 Å². The number of nitrogens with zero attached hydrogens (tertiary/aromatic N) is 1. The molecule has 0 unspecified atom stereocenters. The fourth-order valence-corrected chi connectivity index (χ4v) is 4.10. The van der Waals surface area contributed by atoms with Crippen molar-refractivity contribution in [1.82, 2.24) is 4.90 Å². The van der Waals surface area contributed by atoms with Crippen LogP contribution in [0.3, 0.4) is 0 Å². The zero-order valence-corrected chi connectivity index (χ0v) is 17.3. The highest BCUT2D eigenvalue weighted by Gasteiger charge is 2.31. The number of hydrogen-bond acceptors (Lipinski definition) is 4. The van der Waals surface area contributed by atoms with E-state index in [-0.39, 0.29) is 5.91 Å². The number of halogens is 2. The lowest BCUT2D eigenvalue weighted by atomic mass is 10.1. The highest BCUT2D eigenvalue weighted by atomic mass is 35.5. The molecule has 1 aliphatic rings. The van der Waals surface area contributed by atoms with E-state index in [4.69, 9.17) is 40.2 Å². The van der Waals surface area contributed by atoms with Crippen LogP contribution in [-0.4, -0.2) is 21.7 Å². The molecule has 0 saturated carbocycles. The smallest absolute Gasteiger partial charge is 0.266 e. The number of ether oxygens (including phenoxy) is 1. The molecule has 0 atom stereocenters. The third-order valence-corrected chi connectivity index (χ3v) is 5.77. The lowest BCUT2D eigenvalue weighted by Crippen LogP contribution is -2.27. The number of carbonyl (C=O) groups excluding carboxylic acids is 1. The highest BCUT2D eigenvalue weighted by Crippen LogP contribution is 2.35. The number of thioether (sulfide) groups is 1. The van der Waals surface area contributed by atoms with Crippen LogP contribution in [0.4, 0.5) is 0 Å². The van der Waals surface area contributed by atoms with Gasteiger partial charge in [0.1, 0.15) is 16.7 Å². The van der Waals surface area contributed by atoms with E-state index in [9.17, 15) is 4.79 Å². The molecule has 2 aromatic rings. The summed E-state index contributed by atoms with van der Waals surface area (Å²) in [6.45, 7) is 4.35. The van der Waals surface area contributed by atoms with E-state index in [1.54, 1.807) is 30.4 Å². The minimum Gasteiger partial charge on any atom is -0.488 e. The molecular formula is C20H15Cl2NO2S2. The van der Waals surface area contributed by atoms with Gasteiger partial charge in [0.25, 0.3) is 5.91 Å². The standard InChI is InChI=1S/C20H15Cl2NO2S2/c1-2-9-23-19(24)18(27-20(23)26)11-14-10-15(21)7-8-17(14)25-12-13-5-3-4-6-16(13)22/h2-8,10-11H,1,9,12H2/b18-11-. The number of carbonyl (C=O) groups is 1. The van der Waals surface area contributed by atoms with Gasteiger partial charge in [0, 0.05) is 27.7 Å². The fraction of sp³-hybridized carbons (Fsp3) is 0.100. The van der Waals surface area contributed by atoms with Crippen molar-refractivity contribution in [2.45, 2.75) is 6.61 Å². The Bertz CT molecular complexity index is 943. The molecule has 7 heteroatoms. The van der Waals surface area contributed by atoms with Crippen molar-refractivity contribution in [1.29, 1.82) is 0 Å². The number of benzene rings is 2. The Morgan fingerprint density at radius 1 is 1.22 bits per heavy atom. The van der Waals surface area contributed by atoms with E-state index in [0.29, 0.717) is 43.7 Å². The summed E-state index contributed by atoms with van der Waals surface area (Å²) in [5.41, 5.74) is 1.58. The summed E-state index contributed by atoms with van der Waals surface area (Å²) in [5, 5.41) is 1.19. The summed E-state index contributed by atoms with van der Waals surface area (Å²) in [4.78, 5) is 14.6. The van der Waals surface area contributed by atoms with Crippen molar-refractivity contribution < 1.29 is 9.53 Å². The molecule has 0 spiro atoms. The first-order chi connectivity index (χ1) is 13.0. The average Bonchev–Trinajstić information content (AvgIpc) is 2.90. The Kier molecular flexibility index (Phi) is 6.60. The van der Waals surface area contributed by atoms with Gasteiger partial charge in [0.15, 0.2) is 0 Å². The monoisotopic (exact) mass is 435 g/mol. The van der Waals surface area contributed by atoms with Crippen molar-refractivity contribution in [3.05, 3.63) is 81.2 Å². The molecule has 1 amide bonds. The maximum absolute atomic E-state index is 12.5. The van der Waals surface area contributed by atoms with E-state index >= 15 is 0 Å². The van der Waals surface area contributed by atoms with Gasteiger partial charge in [-0.1, -0.05) is 71.5 Å². The summed E-state index contributed by atoms with van der Waals surface area (Å²) in [5.74, 6) is 0.454. The Labute approximate surface area is 177 Å². The summed E-state index contributed by atoms with van der Waals surface area (Å²) in [7, 11) is 0. The Hall–Kier alpha value is -1.79. The summed E-state index contributed by atoms with van der Waals surface area (Å²) in [6.07, 6.45) is 3.39. The molecule has 1 aliphatic heterocycles. The molecule has 27 heavy (non-hydrogen) atoms. The normalized spacial score (nSPS) is 15.5. The third-order valence-electron chi connectivity index (χ3n) is 3.78. The van der Waals surface area contributed by atoms with Crippen LogP contribution in [-0.2, 0) is 11.4 Å². The Balaban J connectivity index is 1.86. The van der Waals surface area contributed by atoms with Crippen LogP contribution >= 0.6 is 47.2 Å². The Morgan fingerprint density at radius 2 is 2.00 bits per heavy atom. The molecule has 1 heterocycles. The summed E-state index contributed by atoms with van der Waals surface area (Å²) < 4.78 is 6.44. The van der Waals surface area contributed by atoms with Gasteiger partial charge < -0.3 is 4.74 Å². The van der Waals surface area contributed by atoms with Crippen LogP contribution in [0.15, 0.2) is 60.0 Å². The molecule has 0 bridgehead atoms. The molecule has 3 rings (SSSR count). The summed E-state index contributed by atoms with van der Waals surface area (Å²) in [6, 6.07) is 12.7. The van der Waals surface area contributed by atoms with Crippen LogP contribution in [0.1, 0.15) is 11.1 Å². The lowest BCUT2D eigenvalue weighted by molar-refractivity contribution is -0.121. The first-order valence-electron chi connectivity index (χ1n) is 8.01. The molecule has 0 radical (unpaired) electrons. The molecule has 1 saturated heterocycles. The zero-order chi connectivity index (χ0) is 19.4. The molecule has 0 N–H and O–H groups in total. The van der Waals surface area contributed by atoms with Crippen molar-refractivity contribution in [2.24, 2.45) is 0 Å². The van der Waals surface area contributed by atoms with Crippen LogP contribution in [0.25, 0.3) is 6.08 Å². The van der Waals surface area contributed by atoms with Gasteiger partial charge in [-0.05, 0) is 30.3 Å². The number of amides is 1. The first-order valence-corrected chi connectivity index (χ1v) is 9.99. The zero-order valence-electron chi connectivity index (χ0n) is 14.2. The predicted octanol–water partition coefficient (Wildman–Crippen LogP) is 5.96. The van der Waals surface area contributed by atoms with Crippen LogP contribution < -0.4 is 4.74 Å². The molecule has 3 nitrogen and oxygen atoms in total. The third kappa shape index (κ3) is 4.74. The topological polar surface area (TPSA) is 29.5 Å². The number of hydrogen-bond donors (Lipinski definition) is 0. The van der Waals surface area contributed by atoms with Crippen LogP contribution in [0, 0.1) is 0 Å². The maximum atomic E-state index is 12.5. The second-order valence-corrected chi connectivity index (χ2v) is 8.16. The van der Waals surface area contributed by atoms with Gasteiger partial charge >= 0.3 is 0 Å². The van der Waals surface area contributed by atoms with E-state index in [1.165, 1.54) is 16.7 Å². The van der Waals surface area contributed by atoms with E-state index in [1.807, 2.05) is 24.3 Å². The van der Waals surface area contributed by atoms with E-state index < -0.39 is 0 Å². The van der Waals surface area contributed by atoms with E-state index in [2.05, 4.69) is 6.58 Å². The Morgan fingerprint density at radius 3 is 2.74 bits per heavy atom. The summed E-state index contributed by atoms with van der Waals surface area (Å²) >= 11 is 18.8. The van der Waals surface area contributed by atoms with Gasteiger partial charge in [-0.3, -0.25) is 9.69 Å². The maximum Gasteiger partial charge on any atom is 0.266 e. The first kappa shape index (κ1) is 20.0. The minimum absolute atomic E-state index is 0.151. The molecule has 138 valence electrons. The van der Waals surface area contributed by atoms with Gasteiger partial charge in [-0.2, -0.15) is 0 Å². The van der Waals surface area contributed by atoms with Gasteiger partial charge in [-0.25, -0.2) is 0 Å². The van der Waals surface area contributed by atoms with Crippen molar-refractivity contribution >= 4 is 63.5 Å². The van der Waals surface area contributed by atoms with Crippen LogP contribution in [0.5, 0.6) is 5.75 Å². The number of thiocarbonyl (C=S) groups is 1. The van der Waals surface area contributed by atoms with Gasteiger partial charge in [0.05, 0.1) is 4.91 Å². The van der Waals surface area contributed by atoms with Gasteiger partial charge in [-0.15, -0.1) is 6.58 Å².